The molecule has 0 fully saturated rings. The molecule has 1 unspecified atom stereocenters. The molecule has 1 rings (SSSR count). The highest BCUT2D eigenvalue weighted by Gasteiger charge is 2.06. The summed E-state index contributed by atoms with van der Waals surface area (Å²) in [6.07, 6.45) is 14.7. The van der Waals surface area contributed by atoms with Gasteiger partial charge in [-0.05, 0) is 44.6 Å². The van der Waals surface area contributed by atoms with E-state index in [4.69, 9.17) is 0 Å². The summed E-state index contributed by atoms with van der Waals surface area (Å²) in [6.45, 7) is 8.09. The van der Waals surface area contributed by atoms with Gasteiger partial charge in [0.15, 0.2) is 0 Å². The van der Waals surface area contributed by atoms with Crippen LogP contribution in [0.3, 0.4) is 0 Å². The average Bonchev–Trinajstić information content (AvgIpc) is 2.65. The molecule has 0 aliphatic heterocycles. The van der Waals surface area contributed by atoms with Gasteiger partial charge in [-0.15, -0.1) is 0 Å². The van der Waals surface area contributed by atoms with Gasteiger partial charge in [0.25, 0.3) is 0 Å². The SMILES string of the molecule is C=CC1=CC(CCC/C(C)=C/C)C=C1. The third-order valence-corrected chi connectivity index (χ3v) is 2.78. The zero-order valence-electron chi connectivity index (χ0n) is 9.29. The molecule has 0 bridgehead atoms. The zero-order valence-corrected chi connectivity index (χ0v) is 9.29. The molecule has 0 amide bonds. The Kier molecular flexibility index (Phi) is 4.45. The van der Waals surface area contributed by atoms with Crippen LogP contribution in [0, 0.1) is 5.92 Å². The van der Waals surface area contributed by atoms with Gasteiger partial charge in [-0.25, -0.2) is 0 Å². The molecule has 14 heavy (non-hydrogen) atoms. The van der Waals surface area contributed by atoms with Crippen molar-refractivity contribution in [2.24, 2.45) is 5.92 Å². The van der Waals surface area contributed by atoms with Crippen molar-refractivity contribution in [3.05, 3.63) is 48.1 Å². The second kappa shape index (κ2) is 5.64. The maximum atomic E-state index is 3.77. The van der Waals surface area contributed by atoms with E-state index >= 15 is 0 Å². The summed E-state index contributed by atoms with van der Waals surface area (Å²) in [4.78, 5) is 0. The molecule has 0 N–H and O–H groups in total. The first kappa shape index (κ1) is 11.0. The topological polar surface area (TPSA) is 0 Å². The minimum Gasteiger partial charge on any atom is -0.0985 e. The Morgan fingerprint density at radius 1 is 1.57 bits per heavy atom. The van der Waals surface area contributed by atoms with Gasteiger partial charge in [0, 0.05) is 0 Å². The van der Waals surface area contributed by atoms with Gasteiger partial charge >= 0.3 is 0 Å². The van der Waals surface area contributed by atoms with Crippen LogP contribution >= 0.6 is 0 Å². The van der Waals surface area contributed by atoms with Crippen LogP contribution in [0.25, 0.3) is 0 Å². The summed E-state index contributed by atoms with van der Waals surface area (Å²) in [5.74, 6) is 0.646. The van der Waals surface area contributed by atoms with Gasteiger partial charge in [0.2, 0.25) is 0 Å². The highest BCUT2D eigenvalue weighted by atomic mass is 14.1. The molecular formula is C14H20. The largest absolute Gasteiger partial charge is 0.0985 e. The molecule has 0 saturated heterocycles. The van der Waals surface area contributed by atoms with Crippen molar-refractivity contribution >= 4 is 0 Å². The minimum absolute atomic E-state index is 0.646. The van der Waals surface area contributed by atoms with Crippen LogP contribution < -0.4 is 0 Å². The van der Waals surface area contributed by atoms with Gasteiger partial charge < -0.3 is 0 Å². The number of allylic oxidation sites excluding steroid dienone is 7. The van der Waals surface area contributed by atoms with Crippen LogP contribution in [0.15, 0.2) is 48.1 Å². The highest BCUT2D eigenvalue weighted by Crippen LogP contribution is 2.22. The van der Waals surface area contributed by atoms with E-state index < -0.39 is 0 Å². The lowest BCUT2D eigenvalue weighted by Gasteiger charge is -2.04. The molecule has 0 nitrogen and oxygen atoms in total. The normalized spacial score (nSPS) is 21.1. The monoisotopic (exact) mass is 188 g/mol. The third-order valence-electron chi connectivity index (χ3n) is 2.78. The first-order valence-electron chi connectivity index (χ1n) is 5.40. The van der Waals surface area contributed by atoms with Gasteiger partial charge in [-0.3, -0.25) is 0 Å². The van der Waals surface area contributed by atoms with E-state index in [9.17, 15) is 0 Å². The molecule has 76 valence electrons. The van der Waals surface area contributed by atoms with E-state index in [1.807, 2.05) is 6.08 Å². The lowest BCUT2D eigenvalue weighted by Crippen LogP contribution is -1.89. The molecule has 0 radical (unpaired) electrons. The van der Waals surface area contributed by atoms with Gasteiger partial charge in [0.05, 0.1) is 0 Å². The van der Waals surface area contributed by atoms with Crippen molar-refractivity contribution in [1.29, 1.82) is 0 Å². The Morgan fingerprint density at radius 2 is 2.36 bits per heavy atom. The van der Waals surface area contributed by atoms with Crippen molar-refractivity contribution in [2.75, 3.05) is 0 Å². The molecule has 0 spiro atoms. The molecular weight excluding hydrogens is 168 g/mol. The van der Waals surface area contributed by atoms with Crippen LogP contribution in [-0.4, -0.2) is 0 Å². The quantitative estimate of drug-likeness (QED) is 0.560. The van der Waals surface area contributed by atoms with Crippen LogP contribution in [0.5, 0.6) is 0 Å². The van der Waals surface area contributed by atoms with E-state index in [1.54, 1.807) is 0 Å². The first-order chi connectivity index (χ1) is 6.76. The molecule has 0 heteroatoms. The van der Waals surface area contributed by atoms with Gasteiger partial charge in [-0.1, -0.05) is 42.5 Å². The van der Waals surface area contributed by atoms with Crippen LogP contribution in [0.2, 0.25) is 0 Å². The van der Waals surface area contributed by atoms with E-state index in [2.05, 4.69) is 44.7 Å². The second-order valence-electron chi connectivity index (χ2n) is 3.92. The average molecular weight is 188 g/mol. The molecule has 0 saturated carbocycles. The maximum absolute atomic E-state index is 3.77. The van der Waals surface area contributed by atoms with E-state index in [0.29, 0.717) is 5.92 Å². The summed E-state index contributed by atoms with van der Waals surface area (Å²) in [7, 11) is 0. The van der Waals surface area contributed by atoms with Crippen LogP contribution in [0.1, 0.15) is 33.1 Å². The molecule has 0 aromatic heterocycles. The summed E-state index contributed by atoms with van der Waals surface area (Å²) in [6, 6.07) is 0. The fourth-order valence-corrected chi connectivity index (χ4v) is 1.67. The van der Waals surface area contributed by atoms with Crippen LogP contribution in [0.4, 0.5) is 0 Å². The summed E-state index contributed by atoms with van der Waals surface area (Å²) >= 11 is 0. The summed E-state index contributed by atoms with van der Waals surface area (Å²) < 4.78 is 0. The molecule has 1 aliphatic carbocycles. The van der Waals surface area contributed by atoms with E-state index in [-0.39, 0.29) is 0 Å². The summed E-state index contributed by atoms with van der Waals surface area (Å²) in [5, 5.41) is 0. The van der Waals surface area contributed by atoms with Crippen molar-refractivity contribution < 1.29 is 0 Å². The van der Waals surface area contributed by atoms with Crippen LogP contribution in [-0.2, 0) is 0 Å². The summed E-state index contributed by atoms with van der Waals surface area (Å²) in [5.41, 5.74) is 2.78. The fourth-order valence-electron chi connectivity index (χ4n) is 1.67. The Hall–Kier alpha value is -1.04. The Morgan fingerprint density at radius 3 is 2.93 bits per heavy atom. The predicted molar refractivity (Wildman–Crippen MR) is 64.2 cm³/mol. The van der Waals surface area contributed by atoms with Crippen molar-refractivity contribution in [3.63, 3.8) is 0 Å². The standard InChI is InChI=1S/C14H20/c1-4-12(3)7-6-8-14-10-9-13(5-2)11-14/h4-5,9-11,14H,2,6-8H2,1,3H3/b12-4+. The Labute approximate surface area is 87.7 Å². The highest BCUT2D eigenvalue weighted by molar-refractivity contribution is 5.36. The molecule has 1 atom stereocenters. The van der Waals surface area contributed by atoms with Crippen molar-refractivity contribution in [3.8, 4) is 0 Å². The van der Waals surface area contributed by atoms with E-state index in [0.717, 1.165) is 0 Å². The zero-order chi connectivity index (χ0) is 10.4. The Balaban J connectivity index is 2.25. The fraction of sp³-hybridized carbons (Fsp3) is 0.429. The smallest absolute Gasteiger partial charge is 0.00411 e. The van der Waals surface area contributed by atoms with Crippen molar-refractivity contribution in [1.82, 2.24) is 0 Å². The maximum Gasteiger partial charge on any atom is -0.00411 e. The van der Waals surface area contributed by atoms with Gasteiger partial charge in [0.1, 0.15) is 0 Å². The number of hydrogen-bond donors (Lipinski definition) is 0. The first-order valence-corrected chi connectivity index (χ1v) is 5.40. The second-order valence-corrected chi connectivity index (χ2v) is 3.92. The minimum atomic E-state index is 0.646. The number of rotatable bonds is 5. The van der Waals surface area contributed by atoms with Gasteiger partial charge in [-0.2, -0.15) is 0 Å². The predicted octanol–water partition coefficient (Wildman–Crippen LogP) is 4.42. The molecule has 0 aromatic carbocycles. The molecule has 1 aliphatic rings. The Bertz CT molecular complexity index is 276. The third kappa shape index (κ3) is 3.37. The number of hydrogen-bond acceptors (Lipinski definition) is 0. The lowest BCUT2D eigenvalue weighted by atomic mass is 10.0. The molecule has 0 heterocycles. The van der Waals surface area contributed by atoms with Crippen molar-refractivity contribution in [2.45, 2.75) is 33.1 Å². The van der Waals surface area contributed by atoms with E-state index in [1.165, 1.54) is 30.4 Å². The lowest BCUT2D eigenvalue weighted by molar-refractivity contribution is 0.655. The molecule has 0 aromatic rings.